The molecule has 1 aromatic heterocycles. The van der Waals surface area contributed by atoms with Gasteiger partial charge in [-0.2, -0.15) is 0 Å². The molecule has 4 rings (SSSR count). The topological polar surface area (TPSA) is 117 Å². The number of likely N-dealkylation sites (tertiary alicyclic amines) is 1. The Hall–Kier alpha value is -4.20. The first-order valence-electron chi connectivity index (χ1n) is 12.3. The van der Waals surface area contributed by atoms with Crippen LogP contribution in [0.3, 0.4) is 0 Å². The van der Waals surface area contributed by atoms with Crippen LogP contribution in [0, 0.1) is 5.41 Å². The Kier molecular flexibility index (Phi) is 11.1. The second-order valence-electron chi connectivity index (χ2n) is 7.42. The van der Waals surface area contributed by atoms with Crippen molar-refractivity contribution < 1.29 is 9.53 Å². The summed E-state index contributed by atoms with van der Waals surface area (Å²) >= 11 is 0. The van der Waals surface area contributed by atoms with E-state index >= 15 is 0 Å². The summed E-state index contributed by atoms with van der Waals surface area (Å²) in [4.78, 5) is 22.0. The lowest BCUT2D eigenvalue weighted by molar-refractivity contribution is -0.125. The van der Waals surface area contributed by atoms with Gasteiger partial charge in [0.2, 0.25) is 5.91 Å². The minimum atomic E-state index is -0.0951. The van der Waals surface area contributed by atoms with E-state index in [4.69, 9.17) is 15.9 Å². The molecule has 1 aliphatic heterocycles. The molecular weight excluding hydrogens is 452 g/mol. The van der Waals surface area contributed by atoms with Crippen LogP contribution in [-0.2, 0) is 4.79 Å². The fraction of sp³-hybridized carbons (Fsp3) is 0.286. The van der Waals surface area contributed by atoms with Crippen molar-refractivity contribution in [2.24, 2.45) is 0 Å². The van der Waals surface area contributed by atoms with Gasteiger partial charge in [-0.1, -0.05) is 52.5 Å². The van der Waals surface area contributed by atoms with Crippen molar-refractivity contribution in [3.63, 3.8) is 0 Å². The van der Waals surface area contributed by atoms with Crippen molar-refractivity contribution in [1.29, 1.82) is 5.41 Å². The summed E-state index contributed by atoms with van der Waals surface area (Å²) < 4.78 is 5.82. The van der Waals surface area contributed by atoms with Gasteiger partial charge in [-0.25, -0.2) is 9.97 Å². The Morgan fingerprint density at radius 1 is 1.08 bits per heavy atom. The second kappa shape index (κ2) is 14.3. The Morgan fingerprint density at radius 2 is 1.72 bits per heavy atom. The normalized spacial score (nSPS) is 13.9. The van der Waals surface area contributed by atoms with Crippen molar-refractivity contribution >= 4 is 23.3 Å². The van der Waals surface area contributed by atoms with Crippen LogP contribution in [0.2, 0.25) is 0 Å². The maximum atomic E-state index is 11.9. The van der Waals surface area contributed by atoms with Gasteiger partial charge in [0.15, 0.2) is 0 Å². The molecule has 1 fully saturated rings. The van der Waals surface area contributed by atoms with Crippen molar-refractivity contribution in [2.75, 3.05) is 24.1 Å². The average molecular weight is 489 g/mol. The Labute approximate surface area is 213 Å². The van der Waals surface area contributed by atoms with Gasteiger partial charge in [0, 0.05) is 24.7 Å². The van der Waals surface area contributed by atoms with Crippen LogP contribution >= 0.6 is 0 Å². The van der Waals surface area contributed by atoms with Crippen molar-refractivity contribution in [3.8, 4) is 11.5 Å². The van der Waals surface area contributed by atoms with Crippen LogP contribution in [0.1, 0.15) is 45.2 Å². The van der Waals surface area contributed by atoms with Gasteiger partial charge in [0.1, 0.15) is 29.5 Å². The van der Waals surface area contributed by atoms with Crippen molar-refractivity contribution in [1.82, 2.24) is 14.9 Å². The summed E-state index contributed by atoms with van der Waals surface area (Å²) in [5.74, 6) is 2.01. The van der Waals surface area contributed by atoms with E-state index in [1.165, 1.54) is 12.4 Å². The van der Waals surface area contributed by atoms with Gasteiger partial charge in [-0.3, -0.25) is 10.2 Å². The Bertz CT molecular complexity index is 1130. The average Bonchev–Trinajstić information content (AvgIpc) is 3.40. The van der Waals surface area contributed by atoms with Crippen LogP contribution in [-0.4, -0.2) is 45.6 Å². The summed E-state index contributed by atoms with van der Waals surface area (Å²) in [6.07, 6.45) is 3.45. The van der Waals surface area contributed by atoms with Gasteiger partial charge in [0.25, 0.3) is 0 Å². The zero-order chi connectivity index (χ0) is 26.5. The van der Waals surface area contributed by atoms with Crippen LogP contribution < -0.4 is 15.8 Å². The quantitative estimate of drug-likeness (QED) is 0.298. The number of hydrogen-bond acceptors (Lipinski definition) is 7. The molecule has 0 aliphatic carbocycles. The van der Waals surface area contributed by atoms with Crippen molar-refractivity contribution in [2.45, 2.75) is 40.2 Å². The van der Waals surface area contributed by atoms with Crippen LogP contribution in [0.15, 0.2) is 73.6 Å². The standard InChI is InChI=1S/C24H24N6O2.2C2H6/c1-2-20(31)30-13-12-17(14-30)29-24-21(23(26)27-15-28-24)22(25)16-8-10-19(11-9-16)32-18-6-4-3-5-7-18;2*1-2/h2-11,15,17,25H,1,12-14H2,(H3,26,27,28,29);2*1-2H3. The third-order valence-corrected chi connectivity index (χ3v) is 5.26. The molecule has 1 aliphatic rings. The maximum absolute atomic E-state index is 11.9. The SMILES string of the molecule is C=CC(=O)N1CCC(Nc2ncnc(N)c2C(=N)c2ccc(Oc3ccccc3)cc2)C1.CC.CC. The van der Waals surface area contributed by atoms with E-state index in [1.807, 2.05) is 58.0 Å². The third kappa shape index (κ3) is 7.15. The molecule has 1 atom stereocenters. The molecule has 190 valence electrons. The highest BCUT2D eigenvalue weighted by atomic mass is 16.5. The van der Waals surface area contributed by atoms with E-state index in [-0.39, 0.29) is 23.5 Å². The van der Waals surface area contributed by atoms with E-state index < -0.39 is 0 Å². The first-order chi connectivity index (χ1) is 17.5. The zero-order valence-corrected chi connectivity index (χ0v) is 21.5. The fourth-order valence-electron chi connectivity index (χ4n) is 3.61. The molecule has 0 spiro atoms. The van der Waals surface area contributed by atoms with Gasteiger partial charge in [0.05, 0.1) is 11.3 Å². The summed E-state index contributed by atoms with van der Waals surface area (Å²) in [6, 6.07) is 16.7. The number of aromatic nitrogens is 2. The molecule has 2 heterocycles. The van der Waals surface area contributed by atoms with E-state index in [1.54, 1.807) is 29.2 Å². The summed E-state index contributed by atoms with van der Waals surface area (Å²) in [5, 5.41) is 12.1. The first kappa shape index (κ1) is 28.0. The molecule has 3 aromatic rings. The molecule has 36 heavy (non-hydrogen) atoms. The molecule has 8 nitrogen and oxygen atoms in total. The highest BCUT2D eigenvalue weighted by Crippen LogP contribution is 2.26. The highest BCUT2D eigenvalue weighted by molar-refractivity contribution is 6.16. The molecule has 0 saturated carbocycles. The molecular formula is C28H36N6O2. The maximum Gasteiger partial charge on any atom is 0.246 e. The molecule has 2 aromatic carbocycles. The molecule has 1 unspecified atom stereocenters. The number of nitrogen functional groups attached to an aromatic ring is 1. The second-order valence-corrected chi connectivity index (χ2v) is 7.42. The minimum Gasteiger partial charge on any atom is -0.457 e. The number of anilines is 2. The molecule has 1 amide bonds. The Morgan fingerprint density at radius 3 is 2.36 bits per heavy atom. The predicted octanol–water partition coefficient (Wildman–Crippen LogP) is 5.52. The number of para-hydroxylation sites is 1. The van der Waals surface area contributed by atoms with Crippen molar-refractivity contribution in [3.05, 3.63) is 84.7 Å². The number of nitrogens with two attached hydrogens (primary N) is 1. The lowest BCUT2D eigenvalue weighted by Crippen LogP contribution is -2.30. The van der Waals surface area contributed by atoms with Gasteiger partial charge < -0.3 is 20.7 Å². The molecule has 0 radical (unpaired) electrons. The molecule has 8 heteroatoms. The van der Waals surface area contributed by atoms with E-state index in [0.717, 1.165) is 12.2 Å². The first-order valence-corrected chi connectivity index (χ1v) is 12.3. The highest BCUT2D eigenvalue weighted by Gasteiger charge is 2.27. The van der Waals surface area contributed by atoms with E-state index in [0.29, 0.717) is 35.8 Å². The summed E-state index contributed by atoms with van der Waals surface area (Å²) in [5.41, 5.74) is 7.42. The van der Waals surface area contributed by atoms with Crippen LogP contribution in [0.4, 0.5) is 11.6 Å². The molecule has 1 saturated heterocycles. The smallest absolute Gasteiger partial charge is 0.246 e. The third-order valence-electron chi connectivity index (χ3n) is 5.26. The van der Waals surface area contributed by atoms with E-state index in [9.17, 15) is 4.79 Å². The van der Waals surface area contributed by atoms with Crippen LogP contribution in [0.5, 0.6) is 11.5 Å². The number of hydrogen-bond donors (Lipinski definition) is 3. The van der Waals surface area contributed by atoms with Gasteiger partial charge >= 0.3 is 0 Å². The number of nitrogens with one attached hydrogen (secondary N) is 2. The van der Waals surface area contributed by atoms with Crippen LogP contribution in [0.25, 0.3) is 0 Å². The number of amides is 1. The number of carbonyl (C=O) groups excluding carboxylic acids is 1. The summed E-state index contributed by atoms with van der Waals surface area (Å²) in [6.45, 7) is 12.7. The lowest BCUT2D eigenvalue weighted by atomic mass is 10.0. The number of carbonyl (C=O) groups is 1. The lowest BCUT2D eigenvalue weighted by Gasteiger charge is -2.18. The molecule has 0 bridgehead atoms. The fourth-order valence-corrected chi connectivity index (χ4v) is 3.61. The van der Waals surface area contributed by atoms with Gasteiger partial charge in [-0.15, -0.1) is 0 Å². The molecule has 4 N–H and O–H groups in total. The number of nitrogens with zero attached hydrogens (tertiary/aromatic N) is 3. The number of ether oxygens (including phenoxy) is 1. The zero-order valence-electron chi connectivity index (χ0n) is 21.5. The minimum absolute atomic E-state index is 0.00129. The largest absolute Gasteiger partial charge is 0.457 e. The van der Waals surface area contributed by atoms with E-state index in [2.05, 4.69) is 21.9 Å². The monoisotopic (exact) mass is 488 g/mol. The van der Waals surface area contributed by atoms with Gasteiger partial charge in [-0.05, 0) is 48.9 Å². The Balaban J connectivity index is 0.00000109. The number of benzene rings is 2. The summed E-state index contributed by atoms with van der Waals surface area (Å²) in [7, 11) is 0. The number of rotatable bonds is 7. The predicted molar refractivity (Wildman–Crippen MR) is 147 cm³/mol.